The van der Waals surface area contributed by atoms with E-state index in [0.29, 0.717) is 24.6 Å². The van der Waals surface area contributed by atoms with E-state index in [0.717, 1.165) is 63.3 Å². The quantitative estimate of drug-likeness (QED) is 0.166. The first-order chi connectivity index (χ1) is 19.4. The van der Waals surface area contributed by atoms with Crippen molar-refractivity contribution in [2.75, 3.05) is 26.2 Å². The first-order valence-corrected chi connectivity index (χ1v) is 13.9. The fourth-order valence-corrected chi connectivity index (χ4v) is 5.02. The number of anilines is 1. The van der Waals surface area contributed by atoms with Crippen molar-refractivity contribution in [3.8, 4) is 11.5 Å². The Morgan fingerprint density at radius 2 is 1.40 bits per heavy atom. The maximum absolute atomic E-state index is 11.8. The summed E-state index contributed by atoms with van der Waals surface area (Å²) in [6.45, 7) is 3.31. The molecule has 4 aromatic rings. The van der Waals surface area contributed by atoms with Gasteiger partial charge in [0.1, 0.15) is 11.5 Å². The first-order valence-electron chi connectivity index (χ1n) is 13.1. The lowest BCUT2D eigenvalue weighted by Gasteiger charge is -2.24. The Morgan fingerprint density at radius 3 is 1.93 bits per heavy atom. The number of aromatic nitrogens is 2. The molecule has 0 fully saturated rings. The summed E-state index contributed by atoms with van der Waals surface area (Å²) in [6.07, 6.45) is 2.56. The van der Waals surface area contributed by atoms with Crippen molar-refractivity contribution in [3.63, 3.8) is 0 Å². The molecule has 0 atom stereocenters. The van der Waals surface area contributed by atoms with Crippen molar-refractivity contribution in [1.82, 2.24) is 9.97 Å². The molecule has 1 aromatic heterocycles. The van der Waals surface area contributed by atoms with Crippen LogP contribution in [-0.4, -0.2) is 37.3 Å². The highest BCUT2D eigenvalue weighted by Crippen LogP contribution is 2.23. The molecule has 0 saturated carbocycles. The van der Waals surface area contributed by atoms with Crippen LogP contribution in [0.25, 0.3) is 0 Å². The van der Waals surface area contributed by atoms with Crippen molar-refractivity contribution in [3.05, 3.63) is 111 Å². The van der Waals surface area contributed by atoms with Gasteiger partial charge in [0, 0.05) is 29.0 Å². The number of carbonyl (C=O) groups is 1. The van der Waals surface area contributed by atoms with E-state index in [1.165, 1.54) is 7.11 Å². The van der Waals surface area contributed by atoms with Crippen LogP contribution in [0, 0.1) is 6.92 Å². The Bertz CT molecular complexity index is 1380. The molecule has 0 bridgehead atoms. The summed E-state index contributed by atoms with van der Waals surface area (Å²) in [5.41, 5.74) is 5.88. The molecule has 3 aromatic carbocycles. The number of ether oxygens (including phenoxy) is 3. The minimum Gasteiger partial charge on any atom is -0.497 e. The van der Waals surface area contributed by atoms with Gasteiger partial charge in [0.05, 0.1) is 26.9 Å². The van der Waals surface area contributed by atoms with Gasteiger partial charge in [-0.3, -0.25) is 0 Å². The molecule has 7 nitrogen and oxygen atoms in total. The Kier molecular flexibility index (Phi) is 10.1. The van der Waals surface area contributed by atoms with Crippen LogP contribution in [0.3, 0.4) is 0 Å². The van der Waals surface area contributed by atoms with Gasteiger partial charge in [-0.2, -0.15) is 0 Å². The van der Waals surface area contributed by atoms with Crippen LogP contribution in [-0.2, 0) is 30.7 Å². The summed E-state index contributed by atoms with van der Waals surface area (Å²) in [7, 11) is 4.73. The minimum absolute atomic E-state index is 0.343. The summed E-state index contributed by atoms with van der Waals surface area (Å²) >= 11 is 3.60. The maximum atomic E-state index is 11.8. The predicted octanol–water partition coefficient (Wildman–Crippen LogP) is 6.73. The molecule has 4 rings (SSSR count). The molecule has 0 aliphatic carbocycles. The lowest BCUT2D eigenvalue weighted by atomic mass is 10.0. The SMILES string of the molecule is COC(=O)c1ccc(CCCc2cc(C)nc(N(Cc3ccc(OC)cc3)Cc3ccc(OC)cc3)n2)c(Br)c1. The number of carbonyl (C=O) groups excluding carboxylic acids is 1. The number of nitrogens with zero attached hydrogens (tertiary/aromatic N) is 3. The zero-order valence-corrected chi connectivity index (χ0v) is 24.9. The third kappa shape index (κ3) is 7.82. The van der Waals surface area contributed by atoms with Gasteiger partial charge in [-0.15, -0.1) is 0 Å². The monoisotopic (exact) mass is 603 g/mol. The first kappa shape index (κ1) is 29.1. The van der Waals surface area contributed by atoms with E-state index in [1.807, 2.05) is 43.3 Å². The Labute approximate surface area is 244 Å². The zero-order chi connectivity index (χ0) is 28.5. The Morgan fingerprint density at radius 1 is 0.800 bits per heavy atom. The second kappa shape index (κ2) is 13.9. The summed E-state index contributed by atoms with van der Waals surface area (Å²) in [5, 5.41) is 0. The summed E-state index contributed by atoms with van der Waals surface area (Å²) < 4.78 is 16.4. The number of halogens is 1. The van der Waals surface area contributed by atoms with Crippen LogP contribution in [0.15, 0.2) is 77.3 Å². The van der Waals surface area contributed by atoms with Crippen LogP contribution < -0.4 is 14.4 Å². The predicted molar refractivity (Wildman–Crippen MR) is 160 cm³/mol. The fourth-order valence-electron chi connectivity index (χ4n) is 4.44. The van der Waals surface area contributed by atoms with Crippen LogP contribution in [0.1, 0.15) is 44.9 Å². The van der Waals surface area contributed by atoms with E-state index >= 15 is 0 Å². The number of aryl methyl sites for hydroxylation is 3. The van der Waals surface area contributed by atoms with Gasteiger partial charge >= 0.3 is 5.97 Å². The molecule has 0 N–H and O–H groups in total. The molecule has 0 aliphatic heterocycles. The molecular weight excluding hydrogens is 570 g/mol. The average Bonchev–Trinajstić information content (AvgIpc) is 2.97. The fraction of sp³-hybridized carbons (Fsp3) is 0.281. The van der Waals surface area contributed by atoms with E-state index in [2.05, 4.69) is 51.2 Å². The lowest BCUT2D eigenvalue weighted by molar-refractivity contribution is 0.0600. The van der Waals surface area contributed by atoms with Gasteiger partial charge in [0.2, 0.25) is 5.95 Å². The molecule has 40 heavy (non-hydrogen) atoms. The molecule has 0 radical (unpaired) electrons. The lowest BCUT2D eigenvalue weighted by Crippen LogP contribution is -2.25. The third-order valence-electron chi connectivity index (χ3n) is 6.60. The van der Waals surface area contributed by atoms with Gasteiger partial charge in [-0.1, -0.05) is 46.3 Å². The van der Waals surface area contributed by atoms with Crippen molar-refractivity contribution in [2.24, 2.45) is 0 Å². The molecule has 208 valence electrons. The van der Waals surface area contributed by atoms with Crippen LogP contribution in [0.5, 0.6) is 11.5 Å². The van der Waals surface area contributed by atoms with Gasteiger partial charge in [-0.05, 0) is 85.3 Å². The number of hydrogen-bond acceptors (Lipinski definition) is 7. The molecule has 0 unspecified atom stereocenters. The Hall–Kier alpha value is -3.91. The highest BCUT2D eigenvalue weighted by molar-refractivity contribution is 9.10. The minimum atomic E-state index is -0.343. The van der Waals surface area contributed by atoms with E-state index in [4.69, 9.17) is 24.2 Å². The normalized spacial score (nSPS) is 10.7. The summed E-state index contributed by atoms with van der Waals surface area (Å²) in [6, 6.07) is 23.8. The molecule has 0 saturated heterocycles. The number of hydrogen-bond donors (Lipinski definition) is 0. The standard InChI is InChI=1S/C32H34BrN3O4/c1-22-18-27(7-5-6-25-12-13-26(19-30(25)33)31(37)40-4)35-32(34-22)36(20-23-8-14-28(38-2)15-9-23)21-24-10-16-29(39-3)17-11-24/h8-19H,5-7,20-21H2,1-4H3. The summed E-state index contributed by atoms with van der Waals surface area (Å²) in [5.74, 6) is 2.01. The second-order valence-electron chi connectivity index (χ2n) is 9.50. The number of esters is 1. The zero-order valence-electron chi connectivity index (χ0n) is 23.3. The second-order valence-corrected chi connectivity index (χ2v) is 10.4. The maximum Gasteiger partial charge on any atom is 0.337 e. The van der Waals surface area contributed by atoms with Crippen molar-refractivity contribution < 1.29 is 19.0 Å². The Balaban J connectivity index is 1.52. The summed E-state index contributed by atoms with van der Waals surface area (Å²) in [4.78, 5) is 23.8. The number of rotatable bonds is 12. The van der Waals surface area contributed by atoms with Crippen molar-refractivity contribution in [1.29, 1.82) is 0 Å². The molecule has 0 amide bonds. The molecule has 0 aliphatic rings. The molecule has 0 spiro atoms. The number of methoxy groups -OCH3 is 3. The van der Waals surface area contributed by atoms with Gasteiger partial charge < -0.3 is 19.1 Å². The molecule has 8 heteroatoms. The molecule has 1 heterocycles. The van der Waals surface area contributed by atoms with E-state index < -0.39 is 0 Å². The highest BCUT2D eigenvalue weighted by atomic mass is 79.9. The van der Waals surface area contributed by atoms with Crippen LogP contribution in [0.4, 0.5) is 5.95 Å². The number of benzene rings is 3. The van der Waals surface area contributed by atoms with E-state index in [9.17, 15) is 4.79 Å². The average molecular weight is 605 g/mol. The smallest absolute Gasteiger partial charge is 0.337 e. The van der Waals surface area contributed by atoms with Gasteiger partial charge in [-0.25, -0.2) is 14.8 Å². The third-order valence-corrected chi connectivity index (χ3v) is 7.33. The van der Waals surface area contributed by atoms with E-state index in [-0.39, 0.29) is 5.97 Å². The van der Waals surface area contributed by atoms with E-state index in [1.54, 1.807) is 20.3 Å². The van der Waals surface area contributed by atoms with Crippen LogP contribution in [0.2, 0.25) is 0 Å². The largest absolute Gasteiger partial charge is 0.497 e. The van der Waals surface area contributed by atoms with Crippen LogP contribution >= 0.6 is 15.9 Å². The van der Waals surface area contributed by atoms with Crippen molar-refractivity contribution >= 4 is 27.8 Å². The van der Waals surface area contributed by atoms with Gasteiger partial charge in [0.25, 0.3) is 0 Å². The molecular formula is C32H34BrN3O4. The van der Waals surface area contributed by atoms with Crippen molar-refractivity contribution in [2.45, 2.75) is 39.3 Å². The highest BCUT2D eigenvalue weighted by Gasteiger charge is 2.15. The topological polar surface area (TPSA) is 73.8 Å². The van der Waals surface area contributed by atoms with Gasteiger partial charge in [0.15, 0.2) is 0 Å².